The van der Waals surface area contributed by atoms with Crippen molar-refractivity contribution < 1.29 is 9.59 Å². The Labute approximate surface area is 183 Å². The molecule has 0 spiro atoms. The van der Waals surface area contributed by atoms with Crippen LogP contribution in [0.25, 0.3) is 0 Å². The van der Waals surface area contributed by atoms with E-state index in [2.05, 4.69) is 5.32 Å². The maximum atomic E-state index is 13.1. The molecule has 0 radical (unpaired) electrons. The smallest absolute Gasteiger partial charge is 0.242 e. The molecule has 0 saturated carbocycles. The van der Waals surface area contributed by atoms with Crippen LogP contribution in [0.2, 0.25) is 10.0 Å². The number of nitrogens with zero attached hydrogens (tertiary/aromatic N) is 1. The fraction of sp³-hybridized carbons (Fsp3) is 0.391. The third-order valence-electron chi connectivity index (χ3n) is 4.99. The predicted molar refractivity (Wildman–Crippen MR) is 119 cm³/mol. The Morgan fingerprint density at radius 3 is 2.31 bits per heavy atom. The summed E-state index contributed by atoms with van der Waals surface area (Å²) in [5, 5.41) is 3.83. The lowest BCUT2D eigenvalue weighted by Gasteiger charge is -2.29. The van der Waals surface area contributed by atoms with Gasteiger partial charge in [-0.2, -0.15) is 0 Å². The number of hydrogen-bond donors (Lipinski definition) is 1. The summed E-state index contributed by atoms with van der Waals surface area (Å²) in [5.74, 6) is -0.263. The minimum atomic E-state index is -0.567. The molecule has 2 rings (SSSR count). The number of amides is 2. The fourth-order valence-electron chi connectivity index (χ4n) is 2.96. The summed E-state index contributed by atoms with van der Waals surface area (Å²) in [7, 11) is 0. The van der Waals surface area contributed by atoms with Crippen molar-refractivity contribution in [2.45, 2.75) is 52.1 Å². The summed E-state index contributed by atoms with van der Waals surface area (Å²) in [6.45, 7) is 6.20. The van der Waals surface area contributed by atoms with Crippen LogP contribution in [0, 0.1) is 0 Å². The van der Waals surface area contributed by atoms with Crippen LogP contribution in [-0.4, -0.2) is 35.3 Å². The van der Waals surface area contributed by atoms with E-state index in [1.165, 1.54) is 0 Å². The molecule has 6 heteroatoms. The number of halogens is 2. The highest BCUT2D eigenvalue weighted by Gasteiger charge is 2.26. The molecule has 29 heavy (non-hydrogen) atoms. The average Bonchev–Trinajstić information content (AvgIpc) is 2.71. The van der Waals surface area contributed by atoms with E-state index >= 15 is 0 Å². The summed E-state index contributed by atoms with van der Waals surface area (Å²) in [5.41, 5.74) is 1.89. The van der Waals surface area contributed by atoms with Crippen LogP contribution in [0.5, 0.6) is 0 Å². The summed E-state index contributed by atoms with van der Waals surface area (Å²) >= 11 is 12.1. The zero-order chi connectivity index (χ0) is 21.4. The maximum absolute atomic E-state index is 13.1. The predicted octanol–water partition coefficient (Wildman–Crippen LogP) is 4.91. The molecule has 0 aliphatic carbocycles. The first-order chi connectivity index (χ1) is 13.8. The Kier molecular flexibility index (Phi) is 8.99. The second-order valence-corrected chi connectivity index (χ2v) is 8.06. The first-order valence-corrected chi connectivity index (χ1v) is 10.6. The molecule has 2 aromatic rings. The number of carbonyl (C=O) groups excluding carboxylic acids is 2. The third kappa shape index (κ3) is 7.06. The molecule has 0 bridgehead atoms. The fourth-order valence-corrected chi connectivity index (χ4v) is 3.28. The van der Waals surface area contributed by atoms with Crippen molar-refractivity contribution in [3.63, 3.8) is 0 Å². The highest BCUT2D eigenvalue weighted by molar-refractivity contribution is 6.42. The minimum Gasteiger partial charge on any atom is -0.352 e. The normalized spacial score (nSPS) is 12.9. The van der Waals surface area contributed by atoms with Gasteiger partial charge in [-0.05, 0) is 49.9 Å². The number of nitrogens with one attached hydrogen (secondary N) is 1. The summed E-state index contributed by atoms with van der Waals surface area (Å²) in [6.07, 6.45) is 1.67. The molecule has 1 N–H and O–H groups in total. The highest BCUT2D eigenvalue weighted by Crippen LogP contribution is 2.23. The molecule has 0 aromatic heterocycles. The minimum absolute atomic E-state index is 0.0612. The van der Waals surface area contributed by atoms with E-state index in [0.29, 0.717) is 23.0 Å². The van der Waals surface area contributed by atoms with Crippen molar-refractivity contribution in [1.29, 1.82) is 0 Å². The van der Waals surface area contributed by atoms with Crippen LogP contribution in [0.15, 0.2) is 48.5 Å². The Bertz CT molecular complexity index is 827. The Morgan fingerprint density at radius 1 is 1.00 bits per heavy atom. The second-order valence-electron chi connectivity index (χ2n) is 7.24. The molecule has 2 amide bonds. The van der Waals surface area contributed by atoms with E-state index < -0.39 is 6.04 Å². The lowest BCUT2D eigenvalue weighted by molar-refractivity contribution is -0.139. The van der Waals surface area contributed by atoms with Gasteiger partial charge < -0.3 is 10.2 Å². The van der Waals surface area contributed by atoms with Gasteiger partial charge >= 0.3 is 0 Å². The van der Waals surface area contributed by atoms with Gasteiger partial charge in [0.25, 0.3) is 0 Å². The molecule has 2 atom stereocenters. The standard InChI is InChI=1S/C23H28Cl2N2O2/c1-4-16(2)26-23(29)17(3)27(13-12-18-8-6-5-7-9-18)22(28)15-19-10-11-20(24)21(25)14-19/h5-11,14,16-17H,4,12-13,15H2,1-3H3,(H,26,29). The van der Waals surface area contributed by atoms with Gasteiger partial charge in [0.2, 0.25) is 11.8 Å². The molecule has 156 valence electrons. The lowest BCUT2D eigenvalue weighted by atomic mass is 10.1. The van der Waals surface area contributed by atoms with Gasteiger partial charge in [0, 0.05) is 12.6 Å². The first-order valence-electron chi connectivity index (χ1n) is 9.89. The van der Waals surface area contributed by atoms with Gasteiger partial charge in [0.15, 0.2) is 0 Å². The zero-order valence-corrected chi connectivity index (χ0v) is 18.6. The lowest BCUT2D eigenvalue weighted by Crippen LogP contribution is -2.50. The SMILES string of the molecule is CCC(C)NC(=O)C(C)N(CCc1ccccc1)C(=O)Cc1ccc(Cl)c(Cl)c1. The molecule has 4 nitrogen and oxygen atoms in total. The zero-order valence-electron chi connectivity index (χ0n) is 17.1. The van der Waals surface area contributed by atoms with E-state index in [-0.39, 0.29) is 24.3 Å². The topological polar surface area (TPSA) is 49.4 Å². The summed E-state index contributed by atoms with van der Waals surface area (Å²) in [4.78, 5) is 27.4. The Balaban J connectivity index is 2.16. The monoisotopic (exact) mass is 434 g/mol. The van der Waals surface area contributed by atoms with E-state index in [4.69, 9.17) is 23.2 Å². The van der Waals surface area contributed by atoms with Crippen molar-refractivity contribution in [3.8, 4) is 0 Å². The molecule has 0 aliphatic heterocycles. The van der Waals surface area contributed by atoms with Crippen molar-refractivity contribution in [2.75, 3.05) is 6.54 Å². The van der Waals surface area contributed by atoms with E-state index in [1.54, 1.807) is 30.0 Å². The van der Waals surface area contributed by atoms with E-state index in [1.807, 2.05) is 44.2 Å². The summed E-state index contributed by atoms with van der Waals surface area (Å²) < 4.78 is 0. The van der Waals surface area contributed by atoms with Gasteiger partial charge in [-0.3, -0.25) is 9.59 Å². The molecule has 0 aliphatic rings. The second kappa shape index (κ2) is 11.2. The number of carbonyl (C=O) groups is 2. The molecule has 0 saturated heterocycles. The maximum Gasteiger partial charge on any atom is 0.242 e. The highest BCUT2D eigenvalue weighted by atomic mass is 35.5. The molecule has 2 unspecified atom stereocenters. The number of benzene rings is 2. The van der Waals surface area contributed by atoms with Crippen LogP contribution in [0.3, 0.4) is 0 Å². The van der Waals surface area contributed by atoms with Gasteiger partial charge in [-0.25, -0.2) is 0 Å². The van der Waals surface area contributed by atoms with Crippen LogP contribution in [0.1, 0.15) is 38.3 Å². The molecular formula is C23H28Cl2N2O2. The van der Waals surface area contributed by atoms with Gasteiger partial charge in [-0.15, -0.1) is 0 Å². The van der Waals surface area contributed by atoms with Gasteiger partial charge in [0.05, 0.1) is 16.5 Å². The summed E-state index contributed by atoms with van der Waals surface area (Å²) in [6, 6.07) is 14.6. The van der Waals surface area contributed by atoms with Crippen LogP contribution >= 0.6 is 23.2 Å². The van der Waals surface area contributed by atoms with E-state index in [9.17, 15) is 9.59 Å². The van der Waals surface area contributed by atoms with Crippen LogP contribution in [-0.2, 0) is 22.4 Å². The molecule has 0 heterocycles. The molecular weight excluding hydrogens is 407 g/mol. The molecule has 0 fully saturated rings. The number of rotatable bonds is 9. The number of hydrogen-bond acceptors (Lipinski definition) is 2. The largest absolute Gasteiger partial charge is 0.352 e. The van der Waals surface area contributed by atoms with E-state index in [0.717, 1.165) is 17.5 Å². The Morgan fingerprint density at radius 2 is 1.69 bits per heavy atom. The van der Waals surface area contributed by atoms with Crippen molar-refractivity contribution in [1.82, 2.24) is 10.2 Å². The average molecular weight is 435 g/mol. The first kappa shape index (κ1) is 23.2. The van der Waals surface area contributed by atoms with Gasteiger partial charge in [-0.1, -0.05) is 66.5 Å². The van der Waals surface area contributed by atoms with Crippen molar-refractivity contribution in [2.24, 2.45) is 0 Å². The Hall–Kier alpha value is -2.04. The van der Waals surface area contributed by atoms with Crippen molar-refractivity contribution >= 4 is 35.0 Å². The molecule has 2 aromatic carbocycles. The van der Waals surface area contributed by atoms with Crippen molar-refractivity contribution in [3.05, 3.63) is 69.7 Å². The third-order valence-corrected chi connectivity index (χ3v) is 5.73. The van der Waals surface area contributed by atoms with Gasteiger partial charge in [0.1, 0.15) is 6.04 Å². The quantitative estimate of drug-likeness (QED) is 0.609. The van der Waals surface area contributed by atoms with Crippen LogP contribution in [0.4, 0.5) is 0 Å². The van der Waals surface area contributed by atoms with Crippen LogP contribution < -0.4 is 5.32 Å².